The van der Waals surface area contributed by atoms with Crippen LogP contribution in [0.25, 0.3) is 11.1 Å². The molecule has 1 aliphatic carbocycles. The maximum atomic E-state index is 5.45. The Morgan fingerprint density at radius 2 is 1.81 bits per heavy atom. The third-order valence-electron chi connectivity index (χ3n) is 4.40. The molecule has 2 aromatic rings. The molecule has 1 aliphatic rings. The summed E-state index contributed by atoms with van der Waals surface area (Å²) in [5.74, 6) is 0. The fourth-order valence-electron chi connectivity index (χ4n) is 2.87. The number of nitrogens with one attached hydrogen (secondary N) is 1. The molecule has 0 bridgehead atoms. The van der Waals surface area contributed by atoms with Crippen LogP contribution in [-0.4, -0.2) is 19.3 Å². The average molecular weight is 281 g/mol. The minimum atomic E-state index is -0.0695. The number of benzene rings is 2. The first-order valence-corrected chi connectivity index (χ1v) is 7.59. The van der Waals surface area contributed by atoms with Crippen molar-refractivity contribution in [1.82, 2.24) is 0 Å². The van der Waals surface area contributed by atoms with Gasteiger partial charge in [0.05, 0.1) is 5.60 Å². The summed E-state index contributed by atoms with van der Waals surface area (Å²) in [6.45, 7) is 5.16. The van der Waals surface area contributed by atoms with Gasteiger partial charge in [0.15, 0.2) is 0 Å². The number of hydrogen-bond donors (Lipinski definition) is 1. The number of ether oxygens (including phenoxy) is 1. The summed E-state index contributed by atoms with van der Waals surface area (Å²) in [5, 5.41) is 3.51. The van der Waals surface area contributed by atoms with Gasteiger partial charge in [0, 0.05) is 19.3 Å². The molecule has 2 heteroatoms. The Bertz CT molecular complexity index is 646. The van der Waals surface area contributed by atoms with E-state index in [9.17, 15) is 0 Å². The van der Waals surface area contributed by atoms with E-state index in [2.05, 4.69) is 61.6 Å². The van der Waals surface area contributed by atoms with Crippen molar-refractivity contribution in [2.24, 2.45) is 0 Å². The Hall–Kier alpha value is -1.80. The molecule has 0 spiro atoms. The molecule has 0 fully saturated rings. The standard InChI is InChI=1S/C19H23NO/c1-19(2,21-3)10-11-20-16-8-9-18-15(13-16)12-14-6-4-5-7-17(14)18/h4-9,13,20H,10-12H2,1-3H3. The Kier molecular flexibility index (Phi) is 3.73. The quantitative estimate of drug-likeness (QED) is 0.744. The monoisotopic (exact) mass is 281 g/mol. The van der Waals surface area contributed by atoms with Gasteiger partial charge < -0.3 is 10.1 Å². The van der Waals surface area contributed by atoms with E-state index in [0.717, 1.165) is 19.4 Å². The molecule has 0 amide bonds. The van der Waals surface area contributed by atoms with E-state index in [1.807, 2.05) is 0 Å². The molecule has 21 heavy (non-hydrogen) atoms. The highest BCUT2D eigenvalue weighted by molar-refractivity contribution is 5.78. The van der Waals surface area contributed by atoms with E-state index < -0.39 is 0 Å². The van der Waals surface area contributed by atoms with Crippen LogP contribution in [0.2, 0.25) is 0 Å². The van der Waals surface area contributed by atoms with E-state index in [4.69, 9.17) is 4.74 Å². The molecule has 0 radical (unpaired) electrons. The van der Waals surface area contributed by atoms with Gasteiger partial charge in [-0.05, 0) is 61.1 Å². The van der Waals surface area contributed by atoms with E-state index in [1.165, 1.54) is 27.9 Å². The van der Waals surface area contributed by atoms with Crippen molar-refractivity contribution < 1.29 is 4.74 Å². The zero-order valence-electron chi connectivity index (χ0n) is 13.1. The fraction of sp³-hybridized carbons (Fsp3) is 0.368. The van der Waals surface area contributed by atoms with E-state index in [-0.39, 0.29) is 5.60 Å². The Labute approximate surface area is 127 Å². The molecule has 0 saturated heterocycles. The van der Waals surface area contributed by atoms with Crippen molar-refractivity contribution in [3.63, 3.8) is 0 Å². The third-order valence-corrected chi connectivity index (χ3v) is 4.40. The largest absolute Gasteiger partial charge is 0.385 e. The second kappa shape index (κ2) is 5.53. The second-order valence-electron chi connectivity index (χ2n) is 6.35. The third kappa shape index (κ3) is 2.96. The van der Waals surface area contributed by atoms with Crippen LogP contribution < -0.4 is 5.32 Å². The Morgan fingerprint density at radius 1 is 1.05 bits per heavy atom. The zero-order valence-corrected chi connectivity index (χ0v) is 13.1. The topological polar surface area (TPSA) is 21.3 Å². The molecular weight excluding hydrogens is 258 g/mol. The van der Waals surface area contributed by atoms with Gasteiger partial charge in [0.1, 0.15) is 0 Å². The summed E-state index contributed by atoms with van der Waals surface area (Å²) < 4.78 is 5.45. The normalized spacial score (nSPS) is 12.9. The van der Waals surface area contributed by atoms with Gasteiger partial charge in [-0.2, -0.15) is 0 Å². The molecular formula is C19H23NO. The van der Waals surface area contributed by atoms with Crippen LogP contribution in [-0.2, 0) is 11.2 Å². The highest BCUT2D eigenvalue weighted by atomic mass is 16.5. The fourth-order valence-corrected chi connectivity index (χ4v) is 2.87. The summed E-state index contributed by atoms with van der Waals surface area (Å²) in [4.78, 5) is 0. The molecule has 1 N–H and O–H groups in total. The summed E-state index contributed by atoms with van der Waals surface area (Å²) >= 11 is 0. The SMILES string of the molecule is COC(C)(C)CCNc1ccc2c(c1)Cc1ccccc1-2. The van der Waals surface area contributed by atoms with Crippen LogP contribution in [0.15, 0.2) is 42.5 Å². The minimum Gasteiger partial charge on any atom is -0.385 e. The molecule has 0 aromatic heterocycles. The number of rotatable bonds is 5. The van der Waals surface area contributed by atoms with Gasteiger partial charge in [-0.15, -0.1) is 0 Å². The lowest BCUT2D eigenvalue weighted by Gasteiger charge is -2.23. The van der Waals surface area contributed by atoms with E-state index in [0.29, 0.717) is 0 Å². The lowest BCUT2D eigenvalue weighted by molar-refractivity contribution is 0.0185. The summed E-state index contributed by atoms with van der Waals surface area (Å²) in [7, 11) is 1.77. The van der Waals surface area contributed by atoms with Crippen LogP contribution in [0.3, 0.4) is 0 Å². The van der Waals surface area contributed by atoms with Crippen molar-refractivity contribution >= 4 is 5.69 Å². The number of methoxy groups -OCH3 is 1. The first-order valence-electron chi connectivity index (χ1n) is 7.59. The summed E-state index contributed by atoms with van der Waals surface area (Å²) in [6, 6.07) is 15.4. The van der Waals surface area contributed by atoms with Crippen LogP contribution in [0.4, 0.5) is 5.69 Å². The van der Waals surface area contributed by atoms with Gasteiger partial charge in [0.2, 0.25) is 0 Å². The summed E-state index contributed by atoms with van der Waals surface area (Å²) in [6.07, 6.45) is 2.03. The predicted molar refractivity (Wildman–Crippen MR) is 88.9 cm³/mol. The Balaban J connectivity index is 1.70. The number of hydrogen-bond acceptors (Lipinski definition) is 2. The lowest BCUT2D eigenvalue weighted by atomic mass is 10.0. The molecule has 110 valence electrons. The van der Waals surface area contributed by atoms with Crippen LogP contribution in [0, 0.1) is 0 Å². The molecule has 0 atom stereocenters. The first kappa shape index (κ1) is 14.2. The Morgan fingerprint density at radius 3 is 2.62 bits per heavy atom. The van der Waals surface area contributed by atoms with Gasteiger partial charge in [-0.3, -0.25) is 0 Å². The van der Waals surface area contributed by atoms with Crippen LogP contribution in [0.5, 0.6) is 0 Å². The van der Waals surface area contributed by atoms with Gasteiger partial charge >= 0.3 is 0 Å². The van der Waals surface area contributed by atoms with E-state index >= 15 is 0 Å². The summed E-state index contributed by atoms with van der Waals surface area (Å²) in [5.41, 5.74) is 6.76. The van der Waals surface area contributed by atoms with Gasteiger partial charge in [-0.25, -0.2) is 0 Å². The lowest BCUT2D eigenvalue weighted by Crippen LogP contribution is -2.25. The molecule has 0 aliphatic heterocycles. The molecule has 0 heterocycles. The van der Waals surface area contributed by atoms with Crippen LogP contribution >= 0.6 is 0 Å². The van der Waals surface area contributed by atoms with Crippen molar-refractivity contribution in [2.75, 3.05) is 19.0 Å². The molecule has 3 rings (SSSR count). The highest BCUT2D eigenvalue weighted by Gasteiger charge is 2.18. The average Bonchev–Trinajstić information content (AvgIpc) is 2.85. The van der Waals surface area contributed by atoms with Crippen molar-refractivity contribution in [2.45, 2.75) is 32.3 Å². The zero-order chi connectivity index (χ0) is 14.9. The molecule has 0 saturated carbocycles. The van der Waals surface area contributed by atoms with Gasteiger partial charge in [-0.1, -0.05) is 30.3 Å². The molecule has 2 aromatic carbocycles. The van der Waals surface area contributed by atoms with Crippen LogP contribution in [0.1, 0.15) is 31.4 Å². The van der Waals surface area contributed by atoms with Crippen molar-refractivity contribution in [1.29, 1.82) is 0 Å². The van der Waals surface area contributed by atoms with Crippen molar-refractivity contribution in [3.8, 4) is 11.1 Å². The van der Waals surface area contributed by atoms with Gasteiger partial charge in [0.25, 0.3) is 0 Å². The minimum absolute atomic E-state index is 0.0695. The maximum Gasteiger partial charge on any atom is 0.0639 e. The second-order valence-corrected chi connectivity index (χ2v) is 6.35. The van der Waals surface area contributed by atoms with E-state index in [1.54, 1.807) is 7.11 Å². The van der Waals surface area contributed by atoms with Crippen molar-refractivity contribution in [3.05, 3.63) is 53.6 Å². The smallest absolute Gasteiger partial charge is 0.0639 e. The highest BCUT2D eigenvalue weighted by Crippen LogP contribution is 2.37. The molecule has 0 unspecified atom stereocenters. The predicted octanol–water partition coefficient (Wildman–Crippen LogP) is 4.48. The number of anilines is 1. The maximum absolute atomic E-state index is 5.45. The molecule has 2 nitrogen and oxygen atoms in total. The first-order chi connectivity index (χ1) is 10.1. The number of fused-ring (bicyclic) bond motifs is 3.